The van der Waals surface area contributed by atoms with Crippen molar-refractivity contribution >= 4 is 33.4 Å². The van der Waals surface area contributed by atoms with Crippen molar-refractivity contribution in [2.75, 3.05) is 19.4 Å². The monoisotopic (exact) mass is 491 g/mol. The van der Waals surface area contributed by atoms with Gasteiger partial charge in [0.2, 0.25) is 15.9 Å². The first-order valence-electron chi connectivity index (χ1n) is 11.0. The average Bonchev–Trinajstić information content (AvgIpc) is 3.09. The second kappa shape index (κ2) is 9.44. The van der Waals surface area contributed by atoms with E-state index >= 15 is 0 Å². The van der Waals surface area contributed by atoms with E-state index in [0.717, 1.165) is 14.8 Å². The Morgan fingerprint density at radius 2 is 1.49 bits per heavy atom. The fourth-order valence-corrected chi connectivity index (χ4v) is 4.88. The van der Waals surface area contributed by atoms with Crippen LogP contribution in [0.15, 0.2) is 77.7 Å². The van der Waals surface area contributed by atoms with Crippen molar-refractivity contribution < 1.29 is 22.8 Å². The number of rotatable bonds is 7. The number of fused-ring (bicyclic) bond motifs is 1. The lowest BCUT2D eigenvalue weighted by Gasteiger charge is -2.26. The van der Waals surface area contributed by atoms with E-state index in [-0.39, 0.29) is 28.1 Å². The zero-order valence-electron chi connectivity index (χ0n) is 19.6. The minimum Gasteiger partial charge on any atom is -0.324 e. The van der Waals surface area contributed by atoms with Crippen LogP contribution < -0.4 is 5.32 Å². The summed E-state index contributed by atoms with van der Waals surface area (Å²) in [5.74, 6) is -1.67. The number of hydrogen-bond donors (Lipinski definition) is 1. The molecule has 1 aliphatic heterocycles. The van der Waals surface area contributed by atoms with Crippen LogP contribution in [0.4, 0.5) is 5.69 Å². The molecule has 0 spiro atoms. The molecular weight excluding hydrogens is 466 g/mol. The largest absolute Gasteiger partial charge is 0.324 e. The smallest absolute Gasteiger partial charge is 0.262 e. The van der Waals surface area contributed by atoms with Crippen molar-refractivity contribution in [1.82, 2.24) is 9.21 Å². The van der Waals surface area contributed by atoms with E-state index in [2.05, 4.69) is 5.32 Å². The van der Waals surface area contributed by atoms with Crippen LogP contribution in [0.25, 0.3) is 0 Å². The Morgan fingerprint density at radius 1 is 0.914 bits per heavy atom. The summed E-state index contributed by atoms with van der Waals surface area (Å²) in [6.45, 7) is 1.73. The normalized spacial score (nSPS) is 14.2. The van der Waals surface area contributed by atoms with Crippen molar-refractivity contribution in [2.45, 2.75) is 24.3 Å². The van der Waals surface area contributed by atoms with E-state index in [9.17, 15) is 22.8 Å². The van der Waals surface area contributed by atoms with Gasteiger partial charge in [-0.15, -0.1) is 0 Å². The number of sulfonamides is 1. The third kappa shape index (κ3) is 4.60. The van der Waals surface area contributed by atoms with Gasteiger partial charge in [0.25, 0.3) is 11.8 Å². The van der Waals surface area contributed by atoms with E-state index in [1.165, 1.54) is 26.2 Å². The molecule has 0 radical (unpaired) electrons. The van der Waals surface area contributed by atoms with Crippen LogP contribution in [0.3, 0.4) is 0 Å². The highest BCUT2D eigenvalue weighted by atomic mass is 32.2. The van der Waals surface area contributed by atoms with Gasteiger partial charge in [0.05, 0.1) is 16.0 Å². The van der Waals surface area contributed by atoms with Crippen LogP contribution in [0.1, 0.15) is 31.8 Å². The van der Waals surface area contributed by atoms with Gasteiger partial charge in [0, 0.05) is 26.2 Å². The lowest BCUT2D eigenvalue weighted by molar-refractivity contribution is -0.119. The van der Waals surface area contributed by atoms with Crippen molar-refractivity contribution in [2.24, 2.45) is 0 Å². The minimum atomic E-state index is -3.73. The van der Waals surface area contributed by atoms with Gasteiger partial charge in [-0.05, 0) is 42.3 Å². The van der Waals surface area contributed by atoms with Crippen LogP contribution >= 0.6 is 0 Å². The lowest BCUT2D eigenvalue weighted by Crippen LogP contribution is -2.48. The highest BCUT2D eigenvalue weighted by Gasteiger charge is 2.42. The minimum absolute atomic E-state index is 0.0174. The molecule has 8 nitrogen and oxygen atoms in total. The molecule has 0 unspecified atom stereocenters. The van der Waals surface area contributed by atoms with Gasteiger partial charge >= 0.3 is 0 Å². The topological polar surface area (TPSA) is 104 Å². The molecule has 4 rings (SSSR count). The van der Waals surface area contributed by atoms with Crippen LogP contribution in [-0.2, 0) is 21.2 Å². The number of benzene rings is 3. The third-order valence-electron chi connectivity index (χ3n) is 5.96. The maximum absolute atomic E-state index is 13.6. The Morgan fingerprint density at radius 3 is 2.06 bits per heavy atom. The van der Waals surface area contributed by atoms with Crippen LogP contribution in [0.5, 0.6) is 0 Å². The highest BCUT2D eigenvalue weighted by molar-refractivity contribution is 7.89. The summed E-state index contributed by atoms with van der Waals surface area (Å²) in [4.78, 5) is 40.9. The molecule has 0 saturated carbocycles. The van der Waals surface area contributed by atoms with Gasteiger partial charge in [-0.1, -0.05) is 48.5 Å². The number of nitrogens with one attached hydrogen (secondary N) is 1. The van der Waals surface area contributed by atoms with Crippen molar-refractivity contribution in [3.63, 3.8) is 0 Å². The van der Waals surface area contributed by atoms with Gasteiger partial charge in [-0.2, -0.15) is 0 Å². The number of nitrogens with zero attached hydrogens (tertiary/aromatic N) is 2. The Labute approximate surface area is 204 Å². The number of carbonyl (C=O) groups excluding carboxylic acids is 3. The number of anilines is 1. The first-order valence-corrected chi connectivity index (χ1v) is 12.4. The van der Waals surface area contributed by atoms with Crippen LogP contribution in [-0.4, -0.2) is 55.5 Å². The molecule has 0 aliphatic carbocycles. The maximum Gasteiger partial charge on any atom is 0.262 e. The molecule has 0 aromatic heterocycles. The van der Waals surface area contributed by atoms with E-state index in [4.69, 9.17) is 0 Å². The maximum atomic E-state index is 13.6. The van der Waals surface area contributed by atoms with Gasteiger partial charge < -0.3 is 5.32 Å². The predicted molar refractivity (Wildman–Crippen MR) is 132 cm³/mol. The molecule has 0 bridgehead atoms. The molecular formula is C26H25N3O5S. The van der Waals surface area contributed by atoms with E-state index < -0.39 is 33.8 Å². The van der Waals surface area contributed by atoms with E-state index in [0.29, 0.717) is 5.56 Å². The molecule has 1 N–H and O–H groups in total. The van der Waals surface area contributed by atoms with Gasteiger partial charge in [0.1, 0.15) is 6.04 Å². The predicted octanol–water partition coefficient (Wildman–Crippen LogP) is 3.09. The summed E-state index contributed by atoms with van der Waals surface area (Å²) in [5, 5.41) is 2.76. The number of hydrogen-bond acceptors (Lipinski definition) is 5. The summed E-state index contributed by atoms with van der Waals surface area (Å²) in [5.41, 5.74) is 2.19. The second-order valence-corrected chi connectivity index (χ2v) is 10.6. The molecule has 1 atom stereocenters. The standard InChI is InChI=1S/C26H25N3O5S/c1-17-13-14-19(35(33,34)28(2)3)16-22(17)27-24(30)23(15-18-9-5-4-6-10-18)29-25(31)20-11-7-8-12-21(20)26(29)32/h4-14,16,23H,15H2,1-3H3,(H,27,30)/t23-/m0/s1. The Hall–Kier alpha value is -3.82. The number of carbonyl (C=O) groups is 3. The van der Waals surface area contributed by atoms with Gasteiger partial charge in [0.15, 0.2) is 0 Å². The number of imide groups is 1. The lowest BCUT2D eigenvalue weighted by atomic mass is 10.0. The van der Waals surface area contributed by atoms with Crippen molar-refractivity contribution in [3.05, 3.63) is 95.1 Å². The summed E-state index contributed by atoms with van der Waals surface area (Å²) >= 11 is 0. The quantitative estimate of drug-likeness (QED) is 0.512. The van der Waals surface area contributed by atoms with E-state index in [1.54, 1.807) is 37.3 Å². The molecule has 35 heavy (non-hydrogen) atoms. The highest BCUT2D eigenvalue weighted by Crippen LogP contribution is 2.28. The molecule has 180 valence electrons. The summed E-state index contributed by atoms with van der Waals surface area (Å²) < 4.78 is 26.3. The third-order valence-corrected chi connectivity index (χ3v) is 7.77. The van der Waals surface area contributed by atoms with Gasteiger partial charge in [-0.25, -0.2) is 12.7 Å². The molecule has 0 saturated heterocycles. The fourth-order valence-electron chi connectivity index (χ4n) is 3.95. The Kier molecular flexibility index (Phi) is 6.56. The average molecular weight is 492 g/mol. The zero-order chi connectivity index (χ0) is 25.3. The number of amides is 3. The Bertz CT molecular complexity index is 1380. The molecule has 1 aliphatic rings. The van der Waals surface area contributed by atoms with Crippen molar-refractivity contribution in [3.8, 4) is 0 Å². The molecule has 0 fully saturated rings. The SMILES string of the molecule is Cc1ccc(S(=O)(=O)N(C)C)cc1NC(=O)[C@H](Cc1ccccc1)N1C(=O)c2ccccc2C1=O. The molecule has 1 heterocycles. The van der Waals surface area contributed by atoms with Crippen LogP contribution in [0.2, 0.25) is 0 Å². The molecule has 3 amide bonds. The van der Waals surface area contributed by atoms with Crippen molar-refractivity contribution in [1.29, 1.82) is 0 Å². The van der Waals surface area contributed by atoms with Gasteiger partial charge in [-0.3, -0.25) is 19.3 Å². The van der Waals surface area contributed by atoms with Crippen LogP contribution in [0, 0.1) is 6.92 Å². The Balaban J connectivity index is 1.71. The summed E-state index contributed by atoms with van der Waals surface area (Å²) in [6, 6.07) is 18.8. The summed E-state index contributed by atoms with van der Waals surface area (Å²) in [7, 11) is -0.882. The summed E-state index contributed by atoms with van der Waals surface area (Å²) in [6.07, 6.45) is 0.104. The van der Waals surface area contributed by atoms with E-state index in [1.807, 2.05) is 30.3 Å². The zero-order valence-corrected chi connectivity index (χ0v) is 20.4. The molecule has 3 aromatic rings. The molecule has 9 heteroatoms. The molecule has 3 aromatic carbocycles. The first-order chi connectivity index (χ1) is 16.6. The number of aryl methyl sites for hydroxylation is 1. The fraction of sp³-hybridized carbons (Fsp3) is 0.192. The first kappa shape index (κ1) is 24.3. The second-order valence-electron chi connectivity index (χ2n) is 8.48.